The molecule has 0 spiro atoms. The molecule has 0 atom stereocenters. The van der Waals surface area contributed by atoms with Gasteiger partial charge in [-0.1, -0.05) is 12.1 Å². The Bertz CT molecular complexity index is 605. The number of hydrogen-bond donors (Lipinski definition) is 3. The summed E-state index contributed by atoms with van der Waals surface area (Å²) in [7, 11) is 0. The maximum Gasteiger partial charge on any atom is 0.307 e. The number of aromatic amines is 1. The largest absolute Gasteiger partial charge is 0.481 e. The van der Waals surface area contributed by atoms with Crippen molar-refractivity contribution in [3.63, 3.8) is 0 Å². The highest BCUT2D eigenvalue weighted by atomic mass is 79.9. The van der Waals surface area contributed by atoms with E-state index in [2.05, 4.69) is 26.2 Å². The maximum absolute atomic E-state index is 11.8. The number of H-pyrrole nitrogens is 1. The van der Waals surface area contributed by atoms with Crippen molar-refractivity contribution in [3.8, 4) is 0 Å². The summed E-state index contributed by atoms with van der Waals surface area (Å²) >= 11 is 3.25. The molecule has 1 aromatic heterocycles. The molecule has 0 bridgehead atoms. The van der Waals surface area contributed by atoms with Gasteiger partial charge in [0.05, 0.1) is 6.42 Å². The number of aliphatic carboxylic acids is 1. The first-order chi connectivity index (χ1) is 9.04. The molecule has 3 N–H and O–H groups in total. The van der Waals surface area contributed by atoms with Crippen LogP contribution in [0.5, 0.6) is 0 Å². The molecule has 0 fully saturated rings. The standard InChI is InChI=1S/C13H11BrN2O3/c14-9-6-11(15-7-9)13(19)16-10-3-1-8(2-4-10)5-12(17)18/h1-4,6-7,15H,5H2,(H,16,19)(H,17,18). The second-order valence-electron chi connectivity index (χ2n) is 3.95. The van der Waals surface area contributed by atoms with Crippen LogP contribution in [0.4, 0.5) is 5.69 Å². The zero-order chi connectivity index (χ0) is 13.8. The van der Waals surface area contributed by atoms with E-state index in [4.69, 9.17) is 5.11 Å². The molecule has 0 aliphatic rings. The van der Waals surface area contributed by atoms with Gasteiger partial charge in [0.25, 0.3) is 5.91 Å². The average Bonchev–Trinajstić information content (AvgIpc) is 2.78. The minimum Gasteiger partial charge on any atom is -0.481 e. The molecule has 0 radical (unpaired) electrons. The molecule has 0 saturated heterocycles. The van der Waals surface area contributed by atoms with Gasteiger partial charge in [-0.3, -0.25) is 9.59 Å². The van der Waals surface area contributed by atoms with Crippen LogP contribution in [0.2, 0.25) is 0 Å². The van der Waals surface area contributed by atoms with E-state index in [9.17, 15) is 9.59 Å². The van der Waals surface area contributed by atoms with E-state index in [1.165, 1.54) is 0 Å². The van der Waals surface area contributed by atoms with Crippen LogP contribution in [-0.4, -0.2) is 22.0 Å². The second kappa shape index (κ2) is 5.71. The van der Waals surface area contributed by atoms with Crippen molar-refractivity contribution in [2.45, 2.75) is 6.42 Å². The molecule has 2 rings (SSSR count). The fourth-order valence-corrected chi connectivity index (χ4v) is 1.92. The number of amides is 1. The smallest absolute Gasteiger partial charge is 0.307 e. The van der Waals surface area contributed by atoms with Crippen molar-refractivity contribution in [2.24, 2.45) is 0 Å². The third-order valence-electron chi connectivity index (χ3n) is 2.46. The van der Waals surface area contributed by atoms with E-state index >= 15 is 0 Å². The third-order valence-corrected chi connectivity index (χ3v) is 2.92. The Morgan fingerprint density at radius 3 is 2.47 bits per heavy atom. The summed E-state index contributed by atoms with van der Waals surface area (Å²) in [6.45, 7) is 0. The van der Waals surface area contributed by atoms with Crippen LogP contribution in [0, 0.1) is 0 Å². The highest BCUT2D eigenvalue weighted by molar-refractivity contribution is 9.10. The van der Waals surface area contributed by atoms with Crippen LogP contribution in [0.1, 0.15) is 16.1 Å². The molecular formula is C13H11BrN2O3. The van der Waals surface area contributed by atoms with Crippen molar-refractivity contribution in [3.05, 3.63) is 52.3 Å². The number of carboxylic acid groups (broad SMARTS) is 1. The Morgan fingerprint density at radius 1 is 1.26 bits per heavy atom. The lowest BCUT2D eigenvalue weighted by atomic mass is 10.1. The van der Waals surface area contributed by atoms with Gasteiger partial charge < -0.3 is 15.4 Å². The topological polar surface area (TPSA) is 82.2 Å². The summed E-state index contributed by atoms with van der Waals surface area (Å²) in [5.74, 6) is -1.13. The summed E-state index contributed by atoms with van der Waals surface area (Å²) < 4.78 is 0.800. The van der Waals surface area contributed by atoms with E-state index in [0.29, 0.717) is 16.9 Å². The Balaban J connectivity index is 2.03. The predicted octanol–water partition coefficient (Wildman–Crippen LogP) is 2.66. The molecule has 0 saturated carbocycles. The lowest BCUT2D eigenvalue weighted by Gasteiger charge is -2.04. The van der Waals surface area contributed by atoms with Crippen LogP contribution in [0.15, 0.2) is 41.0 Å². The van der Waals surface area contributed by atoms with Gasteiger partial charge in [0, 0.05) is 16.4 Å². The fraction of sp³-hybridized carbons (Fsp3) is 0.0769. The Hall–Kier alpha value is -2.08. The number of carboxylic acids is 1. The number of halogens is 1. The van der Waals surface area contributed by atoms with E-state index in [0.717, 1.165) is 4.47 Å². The quantitative estimate of drug-likeness (QED) is 0.809. The van der Waals surface area contributed by atoms with Crippen LogP contribution in [0.3, 0.4) is 0 Å². The van der Waals surface area contributed by atoms with Gasteiger partial charge >= 0.3 is 5.97 Å². The van der Waals surface area contributed by atoms with Gasteiger partial charge in [-0.05, 0) is 39.7 Å². The summed E-state index contributed by atoms with van der Waals surface area (Å²) in [5, 5.41) is 11.4. The molecule has 1 heterocycles. The predicted molar refractivity (Wildman–Crippen MR) is 74.2 cm³/mol. The number of nitrogens with one attached hydrogen (secondary N) is 2. The Morgan fingerprint density at radius 2 is 1.95 bits per heavy atom. The first kappa shape index (κ1) is 13.4. The number of carbonyl (C=O) groups excluding carboxylic acids is 1. The summed E-state index contributed by atoms with van der Waals surface area (Å²) in [5.41, 5.74) is 1.75. The first-order valence-electron chi connectivity index (χ1n) is 5.50. The van der Waals surface area contributed by atoms with Crippen molar-refractivity contribution in [1.29, 1.82) is 0 Å². The minimum atomic E-state index is -0.881. The van der Waals surface area contributed by atoms with Gasteiger partial charge in [-0.15, -0.1) is 0 Å². The molecular weight excluding hydrogens is 312 g/mol. The van der Waals surface area contributed by atoms with E-state index in [1.54, 1.807) is 36.5 Å². The van der Waals surface area contributed by atoms with Gasteiger partial charge in [0.2, 0.25) is 0 Å². The molecule has 2 aromatic rings. The molecule has 98 valence electrons. The summed E-state index contributed by atoms with van der Waals surface area (Å²) in [6, 6.07) is 8.37. The average molecular weight is 323 g/mol. The van der Waals surface area contributed by atoms with Crippen molar-refractivity contribution >= 4 is 33.5 Å². The molecule has 6 heteroatoms. The number of benzene rings is 1. The minimum absolute atomic E-state index is 0.0300. The highest BCUT2D eigenvalue weighted by Crippen LogP contribution is 2.14. The monoisotopic (exact) mass is 322 g/mol. The number of rotatable bonds is 4. The summed E-state index contributed by atoms with van der Waals surface area (Å²) in [4.78, 5) is 25.2. The molecule has 0 aliphatic heterocycles. The van der Waals surface area contributed by atoms with Crippen LogP contribution >= 0.6 is 15.9 Å². The number of anilines is 1. The molecule has 1 aromatic carbocycles. The Labute approximate surface area is 117 Å². The molecule has 5 nitrogen and oxygen atoms in total. The summed E-state index contributed by atoms with van der Waals surface area (Å²) in [6.07, 6.45) is 1.64. The second-order valence-corrected chi connectivity index (χ2v) is 4.87. The van der Waals surface area contributed by atoms with E-state index < -0.39 is 5.97 Å². The van der Waals surface area contributed by atoms with E-state index in [1.807, 2.05) is 0 Å². The number of carbonyl (C=O) groups is 2. The lowest BCUT2D eigenvalue weighted by molar-refractivity contribution is -0.136. The molecule has 0 aliphatic carbocycles. The van der Waals surface area contributed by atoms with Crippen LogP contribution in [0.25, 0.3) is 0 Å². The molecule has 19 heavy (non-hydrogen) atoms. The molecule has 0 unspecified atom stereocenters. The van der Waals surface area contributed by atoms with Crippen molar-refractivity contribution in [1.82, 2.24) is 4.98 Å². The third kappa shape index (κ3) is 3.69. The van der Waals surface area contributed by atoms with Crippen LogP contribution < -0.4 is 5.32 Å². The lowest BCUT2D eigenvalue weighted by Crippen LogP contribution is -2.12. The zero-order valence-electron chi connectivity index (χ0n) is 9.81. The molecule has 1 amide bonds. The van der Waals surface area contributed by atoms with Gasteiger partial charge in [0.1, 0.15) is 5.69 Å². The van der Waals surface area contributed by atoms with Crippen molar-refractivity contribution in [2.75, 3.05) is 5.32 Å². The van der Waals surface area contributed by atoms with Gasteiger partial charge in [-0.2, -0.15) is 0 Å². The van der Waals surface area contributed by atoms with E-state index in [-0.39, 0.29) is 12.3 Å². The SMILES string of the molecule is O=C(O)Cc1ccc(NC(=O)c2cc(Br)c[nH]2)cc1. The normalized spacial score (nSPS) is 10.2. The zero-order valence-corrected chi connectivity index (χ0v) is 11.4. The van der Waals surface area contributed by atoms with Gasteiger partial charge in [0.15, 0.2) is 0 Å². The first-order valence-corrected chi connectivity index (χ1v) is 6.30. The Kier molecular flexibility index (Phi) is 4.01. The fourth-order valence-electron chi connectivity index (χ4n) is 1.58. The maximum atomic E-state index is 11.8. The van der Waals surface area contributed by atoms with Crippen molar-refractivity contribution < 1.29 is 14.7 Å². The van der Waals surface area contributed by atoms with Crippen LogP contribution in [-0.2, 0) is 11.2 Å². The number of hydrogen-bond acceptors (Lipinski definition) is 2. The highest BCUT2D eigenvalue weighted by Gasteiger charge is 2.08. The van der Waals surface area contributed by atoms with Gasteiger partial charge in [-0.25, -0.2) is 0 Å². The number of aromatic nitrogens is 1.